The van der Waals surface area contributed by atoms with E-state index in [9.17, 15) is 4.79 Å². The van der Waals surface area contributed by atoms with Gasteiger partial charge in [0.25, 0.3) is 0 Å². The van der Waals surface area contributed by atoms with E-state index in [-0.39, 0.29) is 5.97 Å². The molecule has 1 aromatic heterocycles. The van der Waals surface area contributed by atoms with E-state index in [0.29, 0.717) is 12.2 Å². The zero-order valence-corrected chi connectivity index (χ0v) is 10.9. The van der Waals surface area contributed by atoms with Crippen LogP contribution in [0.4, 0.5) is 5.82 Å². The number of piperazine rings is 1. The third kappa shape index (κ3) is 2.79. The molecule has 0 bridgehead atoms. The molecule has 18 heavy (non-hydrogen) atoms. The first kappa shape index (κ1) is 12.8. The molecule has 1 aliphatic rings. The molecule has 1 fully saturated rings. The summed E-state index contributed by atoms with van der Waals surface area (Å²) < 4.78 is 5.06. The van der Waals surface area contributed by atoms with E-state index < -0.39 is 0 Å². The summed E-state index contributed by atoms with van der Waals surface area (Å²) in [6.07, 6.45) is 1.72. The summed E-state index contributed by atoms with van der Waals surface area (Å²) in [5.41, 5.74) is 0.559. The first-order valence-electron chi connectivity index (χ1n) is 6.28. The topological polar surface area (TPSA) is 45.7 Å². The van der Waals surface area contributed by atoms with Gasteiger partial charge in [-0.2, -0.15) is 0 Å². The van der Waals surface area contributed by atoms with Crippen LogP contribution in [0.3, 0.4) is 0 Å². The molecule has 0 unspecified atom stereocenters. The van der Waals surface area contributed by atoms with Crippen LogP contribution in [0.15, 0.2) is 18.3 Å². The summed E-state index contributed by atoms with van der Waals surface area (Å²) in [7, 11) is 2.10. The zero-order valence-electron chi connectivity index (χ0n) is 10.9. The van der Waals surface area contributed by atoms with Crippen LogP contribution in [0.2, 0.25) is 0 Å². The van der Waals surface area contributed by atoms with E-state index in [1.54, 1.807) is 18.3 Å². The van der Waals surface area contributed by atoms with Crippen molar-refractivity contribution in [1.29, 1.82) is 0 Å². The SMILES string of the molecule is CCOC(=O)c1cccnc1N1CCN(C)CC1. The Morgan fingerprint density at radius 1 is 1.39 bits per heavy atom. The van der Waals surface area contributed by atoms with Gasteiger partial charge in [-0.3, -0.25) is 0 Å². The largest absolute Gasteiger partial charge is 0.462 e. The predicted molar refractivity (Wildman–Crippen MR) is 69.9 cm³/mol. The van der Waals surface area contributed by atoms with Gasteiger partial charge in [0.15, 0.2) is 0 Å². The minimum absolute atomic E-state index is 0.292. The van der Waals surface area contributed by atoms with Crippen molar-refractivity contribution in [2.45, 2.75) is 6.92 Å². The van der Waals surface area contributed by atoms with Crippen LogP contribution < -0.4 is 4.90 Å². The number of carbonyl (C=O) groups excluding carboxylic acids is 1. The first-order chi connectivity index (χ1) is 8.72. The van der Waals surface area contributed by atoms with Gasteiger partial charge in [-0.1, -0.05) is 0 Å². The summed E-state index contributed by atoms with van der Waals surface area (Å²) in [5.74, 6) is 0.448. The molecule has 0 aliphatic carbocycles. The second-order valence-electron chi connectivity index (χ2n) is 4.39. The van der Waals surface area contributed by atoms with Gasteiger partial charge < -0.3 is 14.5 Å². The molecule has 0 saturated carbocycles. The monoisotopic (exact) mass is 249 g/mol. The molecule has 0 spiro atoms. The van der Waals surface area contributed by atoms with Crippen LogP contribution in [0, 0.1) is 0 Å². The third-order valence-corrected chi connectivity index (χ3v) is 3.08. The molecular formula is C13H19N3O2. The van der Waals surface area contributed by atoms with E-state index in [1.165, 1.54) is 0 Å². The number of hydrogen-bond donors (Lipinski definition) is 0. The summed E-state index contributed by atoms with van der Waals surface area (Å²) in [6.45, 7) is 5.94. The van der Waals surface area contributed by atoms with Crippen molar-refractivity contribution in [3.63, 3.8) is 0 Å². The van der Waals surface area contributed by atoms with Gasteiger partial charge in [0.05, 0.1) is 6.61 Å². The van der Waals surface area contributed by atoms with Gasteiger partial charge in [0.1, 0.15) is 11.4 Å². The summed E-state index contributed by atoms with van der Waals surface area (Å²) in [5, 5.41) is 0. The maximum absolute atomic E-state index is 11.9. The summed E-state index contributed by atoms with van der Waals surface area (Å²) in [4.78, 5) is 20.6. The van der Waals surface area contributed by atoms with Crippen molar-refractivity contribution in [3.8, 4) is 0 Å². The van der Waals surface area contributed by atoms with Crippen LogP contribution in [0.5, 0.6) is 0 Å². The number of rotatable bonds is 3. The highest BCUT2D eigenvalue weighted by Gasteiger charge is 2.21. The Balaban J connectivity index is 2.19. The van der Waals surface area contributed by atoms with Crippen LogP contribution in [-0.2, 0) is 4.74 Å². The molecule has 1 aromatic rings. The molecule has 0 atom stereocenters. The fraction of sp³-hybridized carbons (Fsp3) is 0.538. The third-order valence-electron chi connectivity index (χ3n) is 3.08. The molecule has 0 amide bonds. The minimum atomic E-state index is -0.292. The molecule has 98 valence electrons. The Morgan fingerprint density at radius 3 is 2.78 bits per heavy atom. The van der Waals surface area contributed by atoms with Crippen molar-refractivity contribution in [2.24, 2.45) is 0 Å². The lowest BCUT2D eigenvalue weighted by Crippen LogP contribution is -2.45. The van der Waals surface area contributed by atoms with E-state index in [2.05, 4.69) is 21.8 Å². The second-order valence-corrected chi connectivity index (χ2v) is 4.39. The molecule has 0 aromatic carbocycles. The summed E-state index contributed by atoms with van der Waals surface area (Å²) >= 11 is 0. The molecule has 1 saturated heterocycles. The lowest BCUT2D eigenvalue weighted by molar-refractivity contribution is 0.0526. The first-order valence-corrected chi connectivity index (χ1v) is 6.28. The molecule has 5 nitrogen and oxygen atoms in total. The van der Waals surface area contributed by atoms with Crippen LogP contribution in [0.25, 0.3) is 0 Å². The fourth-order valence-electron chi connectivity index (χ4n) is 2.04. The average molecular weight is 249 g/mol. The van der Waals surface area contributed by atoms with Crippen molar-refractivity contribution in [3.05, 3.63) is 23.9 Å². The average Bonchev–Trinajstić information content (AvgIpc) is 2.40. The van der Waals surface area contributed by atoms with Gasteiger partial charge in [0, 0.05) is 32.4 Å². The second kappa shape index (κ2) is 5.82. The quantitative estimate of drug-likeness (QED) is 0.748. The molecule has 5 heteroatoms. The van der Waals surface area contributed by atoms with E-state index in [1.807, 2.05) is 6.92 Å². The number of anilines is 1. The normalized spacial score (nSPS) is 16.7. The lowest BCUT2D eigenvalue weighted by atomic mass is 10.2. The highest BCUT2D eigenvalue weighted by Crippen LogP contribution is 2.19. The maximum atomic E-state index is 11.9. The number of ether oxygens (including phenoxy) is 1. The number of nitrogens with zero attached hydrogens (tertiary/aromatic N) is 3. The number of hydrogen-bond acceptors (Lipinski definition) is 5. The number of likely N-dealkylation sites (N-methyl/N-ethyl adjacent to an activating group) is 1. The lowest BCUT2D eigenvalue weighted by Gasteiger charge is -2.33. The molecule has 0 radical (unpaired) electrons. The molecule has 0 N–H and O–H groups in total. The summed E-state index contributed by atoms with van der Waals surface area (Å²) in [6, 6.07) is 3.55. The van der Waals surface area contributed by atoms with Crippen molar-refractivity contribution in [1.82, 2.24) is 9.88 Å². The number of aromatic nitrogens is 1. The van der Waals surface area contributed by atoms with Crippen molar-refractivity contribution >= 4 is 11.8 Å². The minimum Gasteiger partial charge on any atom is -0.462 e. The van der Waals surface area contributed by atoms with Gasteiger partial charge in [-0.05, 0) is 26.1 Å². The number of carbonyl (C=O) groups is 1. The van der Waals surface area contributed by atoms with Gasteiger partial charge >= 0.3 is 5.97 Å². The van der Waals surface area contributed by atoms with E-state index >= 15 is 0 Å². The Bertz CT molecular complexity index is 414. The Kier molecular flexibility index (Phi) is 4.15. The standard InChI is InChI=1S/C13H19N3O2/c1-3-18-13(17)11-5-4-6-14-12(11)16-9-7-15(2)8-10-16/h4-6H,3,7-10H2,1-2H3. The van der Waals surface area contributed by atoms with Gasteiger partial charge in [-0.25, -0.2) is 9.78 Å². The molecule has 2 heterocycles. The molecule has 1 aliphatic heterocycles. The van der Waals surface area contributed by atoms with Crippen LogP contribution in [-0.4, -0.2) is 55.7 Å². The Morgan fingerprint density at radius 2 is 2.11 bits per heavy atom. The van der Waals surface area contributed by atoms with Crippen molar-refractivity contribution in [2.75, 3.05) is 44.7 Å². The van der Waals surface area contributed by atoms with Crippen LogP contribution >= 0.6 is 0 Å². The van der Waals surface area contributed by atoms with Crippen LogP contribution in [0.1, 0.15) is 17.3 Å². The maximum Gasteiger partial charge on any atom is 0.341 e. The predicted octanol–water partition coefficient (Wildman–Crippen LogP) is 1.01. The highest BCUT2D eigenvalue weighted by atomic mass is 16.5. The van der Waals surface area contributed by atoms with E-state index in [4.69, 9.17) is 4.74 Å². The van der Waals surface area contributed by atoms with E-state index in [0.717, 1.165) is 32.0 Å². The Labute approximate surface area is 107 Å². The zero-order chi connectivity index (χ0) is 13.0. The van der Waals surface area contributed by atoms with Gasteiger partial charge in [0.2, 0.25) is 0 Å². The Hall–Kier alpha value is -1.62. The number of pyridine rings is 1. The molecule has 2 rings (SSSR count). The number of esters is 1. The van der Waals surface area contributed by atoms with Gasteiger partial charge in [-0.15, -0.1) is 0 Å². The smallest absolute Gasteiger partial charge is 0.341 e. The van der Waals surface area contributed by atoms with Crippen molar-refractivity contribution < 1.29 is 9.53 Å². The highest BCUT2D eigenvalue weighted by molar-refractivity contribution is 5.94. The fourth-order valence-corrected chi connectivity index (χ4v) is 2.04. The molecular weight excluding hydrogens is 230 g/mol.